The van der Waals surface area contributed by atoms with Crippen LogP contribution in [0.1, 0.15) is 12.0 Å². The number of carbonyl (C=O) groups is 1. The fraction of sp³-hybridized carbons (Fsp3) is 0.174. The molecule has 3 aromatic rings. The van der Waals surface area contributed by atoms with Gasteiger partial charge in [0, 0.05) is 16.0 Å². The number of nitrogens with one attached hydrogen (secondary N) is 1. The Morgan fingerprint density at radius 1 is 0.935 bits per heavy atom. The van der Waals surface area contributed by atoms with Crippen molar-refractivity contribution < 1.29 is 13.2 Å². The lowest BCUT2D eigenvalue weighted by atomic mass is 10.1. The van der Waals surface area contributed by atoms with E-state index < -0.39 is 10.0 Å². The summed E-state index contributed by atoms with van der Waals surface area (Å²) in [5.74, 6) is -0.374. The zero-order chi connectivity index (χ0) is 22.3. The van der Waals surface area contributed by atoms with Crippen LogP contribution >= 0.6 is 27.5 Å². The lowest BCUT2D eigenvalue weighted by Crippen LogP contribution is -2.41. The van der Waals surface area contributed by atoms with Crippen molar-refractivity contribution in [3.05, 3.63) is 93.9 Å². The summed E-state index contributed by atoms with van der Waals surface area (Å²) in [5.41, 5.74) is 1.43. The molecule has 8 heteroatoms. The summed E-state index contributed by atoms with van der Waals surface area (Å²) in [6.45, 7) is 0.106. The highest BCUT2D eigenvalue weighted by atomic mass is 79.9. The maximum atomic E-state index is 13.2. The Bertz CT molecular complexity index is 1120. The smallest absolute Gasteiger partial charge is 0.264 e. The molecule has 0 aliphatic heterocycles. The van der Waals surface area contributed by atoms with Gasteiger partial charge in [-0.05, 0) is 60.9 Å². The molecule has 0 aromatic heterocycles. The molecule has 0 bridgehead atoms. The Hall–Kier alpha value is -2.35. The van der Waals surface area contributed by atoms with Crippen LogP contribution < -0.4 is 9.62 Å². The molecule has 5 nitrogen and oxygen atoms in total. The van der Waals surface area contributed by atoms with Crippen molar-refractivity contribution in [3.63, 3.8) is 0 Å². The lowest BCUT2D eigenvalue weighted by molar-refractivity contribution is -0.119. The summed E-state index contributed by atoms with van der Waals surface area (Å²) in [5, 5.41) is 3.51. The second-order valence-corrected chi connectivity index (χ2v) is 10.0. The first kappa shape index (κ1) is 23.3. The number of carbonyl (C=O) groups excluding carboxylic acids is 1. The van der Waals surface area contributed by atoms with Gasteiger partial charge in [-0.2, -0.15) is 0 Å². The number of sulfonamides is 1. The maximum absolute atomic E-state index is 13.2. The van der Waals surface area contributed by atoms with Gasteiger partial charge in [0.1, 0.15) is 6.54 Å². The summed E-state index contributed by atoms with van der Waals surface area (Å²) in [6, 6.07) is 22.5. The summed E-state index contributed by atoms with van der Waals surface area (Å²) in [7, 11) is -3.90. The molecule has 0 fully saturated rings. The third-order valence-corrected chi connectivity index (χ3v) is 7.32. The summed E-state index contributed by atoms with van der Waals surface area (Å²) in [6.07, 6.45) is 1.41. The van der Waals surface area contributed by atoms with Gasteiger partial charge < -0.3 is 5.32 Å². The van der Waals surface area contributed by atoms with E-state index in [2.05, 4.69) is 21.2 Å². The molecule has 0 aliphatic carbocycles. The quantitative estimate of drug-likeness (QED) is 0.401. The Labute approximate surface area is 196 Å². The fourth-order valence-corrected chi connectivity index (χ4v) is 4.97. The molecule has 1 N–H and O–H groups in total. The van der Waals surface area contributed by atoms with Crippen LogP contribution in [-0.4, -0.2) is 27.4 Å². The summed E-state index contributed by atoms with van der Waals surface area (Å²) < 4.78 is 28.4. The molecule has 0 saturated heterocycles. The normalized spacial score (nSPS) is 11.2. The van der Waals surface area contributed by atoms with Gasteiger partial charge in [0.15, 0.2) is 0 Å². The molecular weight excluding hydrogens is 500 g/mol. The predicted molar refractivity (Wildman–Crippen MR) is 128 cm³/mol. The van der Waals surface area contributed by atoms with E-state index in [1.807, 2.05) is 24.3 Å². The van der Waals surface area contributed by atoms with E-state index >= 15 is 0 Å². The van der Waals surface area contributed by atoms with E-state index in [0.717, 1.165) is 20.8 Å². The van der Waals surface area contributed by atoms with Crippen LogP contribution in [0, 0.1) is 0 Å². The van der Waals surface area contributed by atoms with Gasteiger partial charge in [-0.25, -0.2) is 8.42 Å². The largest absolute Gasteiger partial charge is 0.355 e. The van der Waals surface area contributed by atoms with E-state index in [-0.39, 0.29) is 17.3 Å². The highest BCUT2D eigenvalue weighted by molar-refractivity contribution is 9.10. The molecule has 162 valence electrons. The molecule has 0 aliphatic rings. The minimum Gasteiger partial charge on any atom is -0.355 e. The zero-order valence-electron chi connectivity index (χ0n) is 16.7. The monoisotopic (exact) mass is 520 g/mol. The molecule has 0 atom stereocenters. The van der Waals surface area contributed by atoms with Crippen LogP contribution in [0.25, 0.3) is 0 Å². The first-order chi connectivity index (χ1) is 14.9. The third-order valence-electron chi connectivity index (χ3n) is 4.64. The van der Waals surface area contributed by atoms with Gasteiger partial charge in [-0.1, -0.05) is 63.9 Å². The third kappa shape index (κ3) is 6.32. The van der Waals surface area contributed by atoms with E-state index in [9.17, 15) is 13.2 Å². The van der Waals surface area contributed by atoms with Crippen LogP contribution in [0.15, 0.2) is 88.2 Å². The van der Waals surface area contributed by atoms with E-state index in [0.29, 0.717) is 23.7 Å². The van der Waals surface area contributed by atoms with Crippen molar-refractivity contribution in [3.8, 4) is 0 Å². The van der Waals surface area contributed by atoms with Crippen molar-refractivity contribution in [1.29, 1.82) is 0 Å². The van der Waals surface area contributed by atoms with E-state index in [1.165, 1.54) is 12.1 Å². The lowest BCUT2D eigenvalue weighted by Gasteiger charge is -2.24. The number of benzene rings is 3. The highest BCUT2D eigenvalue weighted by Gasteiger charge is 2.26. The highest BCUT2D eigenvalue weighted by Crippen LogP contribution is 2.25. The second kappa shape index (κ2) is 10.8. The molecule has 3 aromatic carbocycles. The number of hydrogen-bond donors (Lipinski definition) is 1. The molecule has 0 heterocycles. The van der Waals surface area contributed by atoms with Crippen molar-refractivity contribution in [2.45, 2.75) is 17.7 Å². The maximum Gasteiger partial charge on any atom is 0.264 e. The van der Waals surface area contributed by atoms with Crippen molar-refractivity contribution in [2.24, 2.45) is 0 Å². The number of halogens is 2. The van der Waals surface area contributed by atoms with Crippen molar-refractivity contribution >= 4 is 49.1 Å². The van der Waals surface area contributed by atoms with Gasteiger partial charge >= 0.3 is 0 Å². The van der Waals surface area contributed by atoms with Gasteiger partial charge in [-0.3, -0.25) is 9.10 Å². The Balaban J connectivity index is 1.69. The van der Waals surface area contributed by atoms with Crippen LogP contribution in [0.3, 0.4) is 0 Å². The Morgan fingerprint density at radius 2 is 1.58 bits per heavy atom. The molecule has 1 amide bonds. The van der Waals surface area contributed by atoms with Gasteiger partial charge in [0.2, 0.25) is 5.91 Å². The molecule has 0 spiro atoms. The second-order valence-electron chi connectivity index (χ2n) is 6.85. The predicted octanol–water partition coefficient (Wildman–Crippen LogP) is 5.05. The average Bonchev–Trinajstić information content (AvgIpc) is 2.77. The average molecular weight is 522 g/mol. The SMILES string of the molecule is O=C(CN(c1ccc(Br)cc1)S(=O)(=O)c1ccccc1)NCCCc1ccccc1Cl. The first-order valence-electron chi connectivity index (χ1n) is 9.71. The number of nitrogens with zero attached hydrogens (tertiary/aromatic N) is 1. The van der Waals surface area contributed by atoms with Gasteiger partial charge in [-0.15, -0.1) is 0 Å². The standard InChI is InChI=1S/C23H22BrClN2O3S/c24-19-12-14-20(15-13-19)27(31(29,30)21-9-2-1-3-10-21)17-23(28)26-16-6-8-18-7-4-5-11-22(18)25/h1-5,7,9-15H,6,8,16-17H2,(H,26,28). The van der Waals surface area contributed by atoms with Gasteiger partial charge in [0.05, 0.1) is 10.6 Å². The summed E-state index contributed by atoms with van der Waals surface area (Å²) in [4.78, 5) is 12.7. The van der Waals surface area contributed by atoms with E-state index in [4.69, 9.17) is 11.6 Å². The zero-order valence-corrected chi connectivity index (χ0v) is 19.8. The number of rotatable bonds is 9. The molecule has 0 unspecified atom stereocenters. The minimum absolute atomic E-state index is 0.129. The number of aryl methyl sites for hydroxylation is 1. The van der Waals surface area contributed by atoms with Crippen LogP contribution in [0.2, 0.25) is 5.02 Å². The van der Waals surface area contributed by atoms with Crippen LogP contribution in [0.4, 0.5) is 5.69 Å². The summed E-state index contributed by atoms with van der Waals surface area (Å²) >= 11 is 9.51. The number of anilines is 1. The van der Waals surface area contributed by atoms with Gasteiger partial charge in [0.25, 0.3) is 10.0 Å². The molecule has 3 rings (SSSR count). The fourth-order valence-electron chi connectivity index (χ4n) is 3.04. The van der Waals surface area contributed by atoms with Crippen LogP contribution in [-0.2, 0) is 21.2 Å². The molecule has 0 saturated carbocycles. The topological polar surface area (TPSA) is 66.5 Å². The molecule has 31 heavy (non-hydrogen) atoms. The first-order valence-corrected chi connectivity index (χ1v) is 12.3. The van der Waals surface area contributed by atoms with Crippen molar-refractivity contribution in [2.75, 3.05) is 17.4 Å². The van der Waals surface area contributed by atoms with Crippen molar-refractivity contribution in [1.82, 2.24) is 5.32 Å². The van der Waals surface area contributed by atoms with E-state index in [1.54, 1.807) is 42.5 Å². The van der Waals surface area contributed by atoms with Crippen LogP contribution in [0.5, 0.6) is 0 Å². The number of amides is 1. The Morgan fingerprint density at radius 3 is 2.26 bits per heavy atom. The minimum atomic E-state index is -3.90. The molecular formula is C23H22BrClN2O3S. The molecule has 0 radical (unpaired) electrons. The number of hydrogen-bond acceptors (Lipinski definition) is 3. The Kier molecular flexibility index (Phi) is 8.12.